The molecule has 0 saturated heterocycles. The fourth-order valence-electron chi connectivity index (χ4n) is 2.17. The molecule has 0 heterocycles. The molecule has 3 unspecified atom stereocenters. The van der Waals surface area contributed by atoms with Gasteiger partial charge in [-0.15, -0.1) is 0 Å². The number of rotatable bonds is 0. The van der Waals surface area contributed by atoms with Gasteiger partial charge in [-0.25, -0.2) is 4.39 Å². The van der Waals surface area contributed by atoms with Crippen LogP contribution in [0.15, 0.2) is 24.1 Å². The van der Waals surface area contributed by atoms with Crippen molar-refractivity contribution >= 4 is 0 Å². The van der Waals surface area contributed by atoms with E-state index in [0.29, 0.717) is 11.8 Å². The van der Waals surface area contributed by atoms with Gasteiger partial charge in [-0.1, -0.05) is 6.08 Å². The van der Waals surface area contributed by atoms with Crippen LogP contribution in [0.5, 0.6) is 0 Å². The second-order valence-electron chi connectivity index (χ2n) is 3.81. The molecule has 0 aliphatic heterocycles. The first kappa shape index (κ1) is 7.99. The smallest absolute Gasteiger partial charge is 0.119 e. The van der Waals surface area contributed by atoms with Crippen molar-refractivity contribution in [3.63, 3.8) is 0 Å². The minimum absolute atomic E-state index is 0.0923. The lowest BCUT2D eigenvalue weighted by Crippen LogP contribution is -2.32. The predicted octanol–water partition coefficient (Wildman–Crippen LogP) is 2.15. The van der Waals surface area contributed by atoms with Crippen molar-refractivity contribution in [1.82, 2.24) is 0 Å². The lowest BCUT2D eigenvalue weighted by molar-refractivity contribution is 0.296. The molecule has 2 aliphatic carbocycles. The molecule has 0 radical (unpaired) electrons. The molecular weight excluding hydrogens is 153 g/mol. The molecule has 1 fully saturated rings. The van der Waals surface area contributed by atoms with E-state index in [1.54, 1.807) is 12.2 Å². The zero-order valence-corrected chi connectivity index (χ0v) is 7.04. The van der Waals surface area contributed by atoms with Crippen LogP contribution in [0.3, 0.4) is 0 Å². The summed E-state index contributed by atoms with van der Waals surface area (Å²) in [4.78, 5) is 0. The van der Waals surface area contributed by atoms with E-state index in [4.69, 9.17) is 5.73 Å². The second kappa shape index (κ2) is 3.02. The predicted molar refractivity (Wildman–Crippen MR) is 47.1 cm³/mol. The van der Waals surface area contributed by atoms with Crippen molar-refractivity contribution in [2.75, 3.05) is 0 Å². The molecule has 0 aromatic carbocycles. The molecule has 0 amide bonds. The zero-order valence-electron chi connectivity index (χ0n) is 7.04. The average Bonchev–Trinajstić information content (AvgIpc) is 2.03. The van der Waals surface area contributed by atoms with E-state index >= 15 is 0 Å². The lowest BCUT2D eigenvalue weighted by atomic mass is 9.75. The topological polar surface area (TPSA) is 26.0 Å². The third-order valence-corrected chi connectivity index (χ3v) is 2.87. The Bertz CT molecular complexity index is 232. The van der Waals surface area contributed by atoms with Gasteiger partial charge in [-0.2, -0.15) is 0 Å². The summed E-state index contributed by atoms with van der Waals surface area (Å²) in [6.07, 6.45) is 8.45. The largest absolute Gasteiger partial charge is 0.328 e. The van der Waals surface area contributed by atoms with E-state index < -0.39 is 0 Å². The van der Waals surface area contributed by atoms with Gasteiger partial charge in [-0.05, 0) is 43.3 Å². The maximum absolute atomic E-state index is 12.8. The highest BCUT2D eigenvalue weighted by atomic mass is 19.1. The van der Waals surface area contributed by atoms with Crippen molar-refractivity contribution in [3.8, 4) is 0 Å². The van der Waals surface area contributed by atoms with E-state index in [1.165, 1.54) is 0 Å². The number of halogens is 1. The fraction of sp³-hybridized carbons (Fsp3) is 0.600. The van der Waals surface area contributed by atoms with Gasteiger partial charge in [0.1, 0.15) is 5.83 Å². The molecule has 3 atom stereocenters. The molecule has 1 saturated carbocycles. The van der Waals surface area contributed by atoms with E-state index in [0.717, 1.165) is 19.3 Å². The standard InChI is InChI=1S/C10H14FN/c11-9-3-1-7-2-4-10(12)6-8(7)5-9/h1,3,5,7-8,10H,2,4,6,12H2. The van der Waals surface area contributed by atoms with Crippen LogP contribution >= 0.6 is 0 Å². The van der Waals surface area contributed by atoms with Crippen LogP contribution in [-0.4, -0.2) is 6.04 Å². The first-order valence-electron chi connectivity index (χ1n) is 4.57. The molecule has 0 aromatic heterocycles. The van der Waals surface area contributed by atoms with Crippen molar-refractivity contribution in [2.45, 2.75) is 25.3 Å². The highest BCUT2D eigenvalue weighted by Crippen LogP contribution is 2.35. The third-order valence-electron chi connectivity index (χ3n) is 2.87. The Balaban J connectivity index is 2.11. The average molecular weight is 167 g/mol. The van der Waals surface area contributed by atoms with Crippen LogP contribution in [0, 0.1) is 11.8 Å². The Morgan fingerprint density at radius 1 is 1.33 bits per heavy atom. The van der Waals surface area contributed by atoms with E-state index in [9.17, 15) is 4.39 Å². The first-order valence-corrected chi connectivity index (χ1v) is 4.57. The van der Waals surface area contributed by atoms with Crippen molar-refractivity contribution in [1.29, 1.82) is 0 Å². The first-order chi connectivity index (χ1) is 5.75. The molecule has 0 aromatic rings. The summed E-state index contributed by atoms with van der Waals surface area (Å²) in [5, 5.41) is 0. The molecule has 2 heteroatoms. The van der Waals surface area contributed by atoms with Crippen LogP contribution in [0.4, 0.5) is 4.39 Å². The third kappa shape index (κ3) is 1.44. The molecular formula is C10H14FN. The van der Waals surface area contributed by atoms with Crippen LogP contribution in [-0.2, 0) is 0 Å². The summed E-state index contributed by atoms with van der Waals surface area (Å²) in [6, 6.07) is 0.279. The fourth-order valence-corrected chi connectivity index (χ4v) is 2.17. The highest BCUT2D eigenvalue weighted by molar-refractivity contribution is 5.21. The number of hydrogen-bond donors (Lipinski definition) is 1. The Morgan fingerprint density at radius 2 is 2.17 bits per heavy atom. The maximum Gasteiger partial charge on any atom is 0.119 e. The van der Waals surface area contributed by atoms with Crippen molar-refractivity contribution in [3.05, 3.63) is 24.1 Å². The van der Waals surface area contributed by atoms with E-state index in [2.05, 4.69) is 0 Å². The Hall–Kier alpha value is -0.630. The number of hydrogen-bond acceptors (Lipinski definition) is 1. The molecule has 66 valence electrons. The summed E-state index contributed by atoms with van der Waals surface area (Å²) in [6.45, 7) is 0. The zero-order chi connectivity index (χ0) is 8.55. The van der Waals surface area contributed by atoms with Crippen molar-refractivity contribution in [2.24, 2.45) is 17.6 Å². The Kier molecular flexibility index (Phi) is 2.01. The summed E-state index contributed by atoms with van der Waals surface area (Å²) >= 11 is 0. The van der Waals surface area contributed by atoms with Crippen LogP contribution in [0.1, 0.15) is 19.3 Å². The van der Waals surface area contributed by atoms with E-state index in [1.807, 2.05) is 6.08 Å². The van der Waals surface area contributed by atoms with Gasteiger partial charge >= 0.3 is 0 Å². The number of fused-ring (bicyclic) bond motifs is 1. The van der Waals surface area contributed by atoms with Gasteiger partial charge in [-0.3, -0.25) is 0 Å². The van der Waals surface area contributed by atoms with Gasteiger partial charge in [0.25, 0.3) is 0 Å². The summed E-state index contributed by atoms with van der Waals surface area (Å²) in [7, 11) is 0. The molecule has 0 bridgehead atoms. The minimum atomic E-state index is -0.0923. The molecule has 1 nitrogen and oxygen atoms in total. The monoisotopic (exact) mass is 167 g/mol. The summed E-state index contributed by atoms with van der Waals surface area (Å²) < 4.78 is 12.8. The van der Waals surface area contributed by atoms with Crippen LogP contribution in [0.2, 0.25) is 0 Å². The van der Waals surface area contributed by atoms with Gasteiger partial charge in [0.15, 0.2) is 0 Å². The SMILES string of the molecule is NC1CCC2C=CC(F)=CC2C1. The normalized spacial score (nSPS) is 40.5. The second-order valence-corrected chi connectivity index (χ2v) is 3.81. The highest BCUT2D eigenvalue weighted by Gasteiger charge is 2.27. The van der Waals surface area contributed by atoms with Crippen molar-refractivity contribution < 1.29 is 4.39 Å². The molecule has 0 spiro atoms. The minimum Gasteiger partial charge on any atom is -0.328 e. The summed E-state index contributed by atoms with van der Waals surface area (Å²) in [5.41, 5.74) is 5.81. The Labute approximate surface area is 72.1 Å². The van der Waals surface area contributed by atoms with Gasteiger partial charge in [0.05, 0.1) is 0 Å². The molecule has 12 heavy (non-hydrogen) atoms. The lowest BCUT2D eigenvalue weighted by Gasteiger charge is -2.32. The van der Waals surface area contributed by atoms with Gasteiger partial charge < -0.3 is 5.73 Å². The molecule has 2 rings (SSSR count). The molecule has 2 N–H and O–H groups in total. The number of nitrogens with two attached hydrogens (primary N) is 1. The maximum atomic E-state index is 12.8. The van der Waals surface area contributed by atoms with Gasteiger partial charge in [0.2, 0.25) is 0 Å². The van der Waals surface area contributed by atoms with Crippen LogP contribution in [0.25, 0.3) is 0 Å². The van der Waals surface area contributed by atoms with Crippen LogP contribution < -0.4 is 5.73 Å². The Morgan fingerprint density at radius 3 is 3.00 bits per heavy atom. The van der Waals surface area contributed by atoms with E-state index in [-0.39, 0.29) is 11.9 Å². The summed E-state index contributed by atoms with van der Waals surface area (Å²) in [5.74, 6) is 0.813. The molecule has 2 aliphatic rings. The van der Waals surface area contributed by atoms with Gasteiger partial charge in [0, 0.05) is 6.04 Å². The quantitative estimate of drug-likeness (QED) is 0.587. The number of allylic oxidation sites excluding steroid dienone is 4.